The van der Waals surface area contributed by atoms with Gasteiger partial charge in [0.1, 0.15) is 5.75 Å². The van der Waals surface area contributed by atoms with Gasteiger partial charge in [-0.2, -0.15) is 0 Å². The summed E-state index contributed by atoms with van der Waals surface area (Å²) in [6.45, 7) is 0. The van der Waals surface area contributed by atoms with Crippen LogP contribution >= 0.6 is 12.8 Å². The summed E-state index contributed by atoms with van der Waals surface area (Å²) in [5, 5.41) is 0. The summed E-state index contributed by atoms with van der Waals surface area (Å²) in [4.78, 5) is 12.2. The number of carbonyl (C=O) groups excluding carboxylic acids is 1. The predicted octanol–water partition coefficient (Wildman–Crippen LogP) is 3.19. The highest BCUT2D eigenvalue weighted by Gasteiger charge is 2.17. The van der Waals surface area contributed by atoms with Crippen LogP contribution in [0.2, 0.25) is 0 Å². The van der Waals surface area contributed by atoms with Crippen molar-refractivity contribution in [1.82, 2.24) is 0 Å². The van der Waals surface area contributed by atoms with Gasteiger partial charge in [0.2, 0.25) is 0 Å². The van der Waals surface area contributed by atoms with Gasteiger partial charge < -0.3 is 4.74 Å². The average molecular weight is 259 g/mol. The molecule has 2 aromatic carbocycles. The normalized spacial score (nSPS) is 9.89. The maximum Gasteiger partial charge on any atom is 0.268 e. The van der Waals surface area contributed by atoms with Gasteiger partial charge in [-0.25, -0.2) is 4.31 Å². The standard InChI is InChI=1S/C14H13NO2S/c1-17-13-10-6-5-9-12(13)15(18)14(16)11-7-3-2-4-8-11/h2-10,18H,1H3. The Morgan fingerprint density at radius 3 is 2.33 bits per heavy atom. The summed E-state index contributed by atoms with van der Waals surface area (Å²) in [7, 11) is 1.56. The molecule has 2 aromatic rings. The fraction of sp³-hybridized carbons (Fsp3) is 0.0714. The number of anilines is 1. The minimum absolute atomic E-state index is 0.191. The molecule has 0 saturated heterocycles. The largest absolute Gasteiger partial charge is 0.495 e. The molecule has 0 aromatic heterocycles. The zero-order valence-corrected chi connectivity index (χ0v) is 10.8. The van der Waals surface area contributed by atoms with E-state index in [-0.39, 0.29) is 5.91 Å². The number of methoxy groups -OCH3 is 1. The molecule has 0 heterocycles. The van der Waals surface area contributed by atoms with Crippen molar-refractivity contribution in [2.24, 2.45) is 0 Å². The van der Waals surface area contributed by atoms with Crippen LogP contribution in [-0.4, -0.2) is 13.0 Å². The smallest absolute Gasteiger partial charge is 0.268 e. The second-order valence-corrected chi connectivity index (χ2v) is 4.05. The molecule has 0 aliphatic rings. The third kappa shape index (κ3) is 2.49. The Hall–Kier alpha value is -1.94. The second-order valence-electron chi connectivity index (χ2n) is 3.65. The molecule has 0 fully saturated rings. The van der Waals surface area contributed by atoms with E-state index in [2.05, 4.69) is 12.8 Å². The molecule has 1 amide bonds. The van der Waals surface area contributed by atoms with Gasteiger partial charge in [-0.05, 0) is 24.3 Å². The molecule has 0 N–H and O–H groups in total. The summed E-state index contributed by atoms with van der Waals surface area (Å²) in [6, 6.07) is 16.2. The predicted molar refractivity (Wildman–Crippen MR) is 75.2 cm³/mol. The zero-order chi connectivity index (χ0) is 13.0. The van der Waals surface area contributed by atoms with Gasteiger partial charge in [-0.15, -0.1) is 0 Å². The number of nitrogens with zero attached hydrogens (tertiary/aromatic N) is 1. The number of hydrogen-bond acceptors (Lipinski definition) is 3. The molecule has 0 unspecified atom stereocenters. The number of amides is 1. The molecule has 4 heteroatoms. The van der Waals surface area contributed by atoms with E-state index >= 15 is 0 Å². The minimum atomic E-state index is -0.191. The number of hydrogen-bond donors (Lipinski definition) is 1. The van der Waals surface area contributed by atoms with Gasteiger partial charge in [0, 0.05) is 5.56 Å². The van der Waals surface area contributed by atoms with Crippen molar-refractivity contribution < 1.29 is 9.53 Å². The molecule has 0 spiro atoms. The van der Waals surface area contributed by atoms with Crippen molar-refractivity contribution in [2.75, 3.05) is 11.4 Å². The lowest BCUT2D eigenvalue weighted by molar-refractivity contribution is 0.101. The van der Waals surface area contributed by atoms with E-state index in [1.165, 1.54) is 4.31 Å². The Labute approximate surface area is 112 Å². The first kappa shape index (κ1) is 12.5. The summed E-state index contributed by atoms with van der Waals surface area (Å²) in [5.74, 6) is 0.417. The van der Waals surface area contributed by atoms with E-state index < -0.39 is 0 Å². The molecule has 2 rings (SSSR count). The van der Waals surface area contributed by atoms with E-state index in [4.69, 9.17) is 4.74 Å². The first-order valence-electron chi connectivity index (χ1n) is 5.45. The van der Waals surface area contributed by atoms with Crippen LogP contribution in [0.5, 0.6) is 5.75 Å². The van der Waals surface area contributed by atoms with Crippen LogP contribution in [0.4, 0.5) is 5.69 Å². The van der Waals surface area contributed by atoms with Crippen LogP contribution in [0.25, 0.3) is 0 Å². The van der Waals surface area contributed by atoms with Crippen LogP contribution in [0, 0.1) is 0 Å². The van der Waals surface area contributed by atoms with Gasteiger partial charge >= 0.3 is 0 Å². The molecule has 3 nitrogen and oxygen atoms in total. The lowest BCUT2D eigenvalue weighted by Crippen LogP contribution is -2.21. The fourth-order valence-corrected chi connectivity index (χ4v) is 1.90. The van der Waals surface area contributed by atoms with Crippen molar-refractivity contribution in [3.8, 4) is 5.75 Å². The minimum Gasteiger partial charge on any atom is -0.495 e. The van der Waals surface area contributed by atoms with Crippen LogP contribution in [0.3, 0.4) is 0 Å². The fourth-order valence-electron chi connectivity index (χ4n) is 1.62. The van der Waals surface area contributed by atoms with Gasteiger partial charge in [0.25, 0.3) is 5.91 Å². The van der Waals surface area contributed by atoms with Crippen LogP contribution < -0.4 is 9.04 Å². The maximum atomic E-state index is 12.2. The Kier molecular flexibility index (Phi) is 3.89. The quantitative estimate of drug-likeness (QED) is 0.858. The molecule has 18 heavy (non-hydrogen) atoms. The number of rotatable bonds is 3. The monoisotopic (exact) mass is 259 g/mol. The zero-order valence-electron chi connectivity index (χ0n) is 9.91. The first-order valence-corrected chi connectivity index (χ1v) is 5.85. The molecule has 92 valence electrons. The second kappa shape index (κ2) is 5.60. The van der Waals surface area contributed by atoms with E-state index in [0.717, 1.165) is 0 Å². The lowest BCUT2D eigenvalue weighted by Gasteiger charge is -2.18. The van der Waals surface area contributed by atoms with Crippen molar-refractivity contribution in [3.63, 3.8) is 0 Å². The summed E-state index contributed by atoms with van der Waals surface area (Å²) in [5.41, 5.74) is 1.20. The number of carbonyl (C=O) groups is 1. The molecule has 0 bridgehead atoms. The first-order chi connectivity index (χ1) is 8.74. The molecular formula is C14H13NO2S. The topological polar surface area (TPSA) is 29.5 Å². The van der Waals surface area contributed by atoms with Gasteiger partial charge in [0.15, 0.2) is 0 Å². The van der Waals surface area contributed by atoms with Gasteiger partial charge in [0.05, 0.1) is 12.8 Å². The number of para-hydroxylation sites is 2. The van der Waals surface area contributed by atoms with Gasteiger partial charge in [-0.1, -0.05) is 43.1 Å². The Morgan fingerprint density at radius 1 is 1.06 bits per heavy atom. The molecule has 0 saturated carbocycles. The van der Waals surface area contributed by atoms with Gasteiger partial charge in [-0.3, -0.25) is 4.79 Å². The molecule has 0 aliphatic heterocycles. The van der Waals surface area contributed by atoms with E-state index in [0.29, 0.717) is 17.0 Å². The van der Waals surface area contributed by atoms with Crippen molar-refractivity contribution in [2.45, 2.75) is 0 Å². The van der Waals surface area contributed by atoms with Crippen LogP contribution in [-0.2, 0) is 0 Å². The number of ether oxygens (including phenoxy) is 1. The molecule has 0 radical (unpaired) electrons. The van der Waals surface area contributed by atoms with Crippen molar-refractivity contribution >= 4 is 24.4 Å². The van der Waals surface area contributed by atoms with E-state index in [9.17, 15) is 4.79 Å². The lowest BCUT2D eigenvalue weighted by atomic mass is 10.2. The molecule has 0 aliphatic carbocycles. The summed E-state index contributed by atoms with van der Waals surface area (Å²) < 4.78 is 6.50. The maximum absolute atomic E-state index is 12.2. The number of thiol groups is 1. The highest BCUT2D eigenvalue weighted by Crippen LogP contribution is 2.29. The van der Waals surface area contributed by atoms with Crippen LogP contribution in [0.15, 0.2) is 54.6 Å². The SMILES string of the molecule is COc1ccccc1N(S)C(=O)c1ccccc1. The third-order valence-electron chi connectivity index (χ3n) is 2.53. The number of benzene rings is 2. The molecule has 0 atom stereocenters. The highest BCUT2D eigenvalue weighted by molar-refractivity contribution is 7.82. The summed E-state index contributed by atoms with van der Waals surface area (Å²) >= 11 is 4.25. The Morgan fingerprint density at radius 2 is 1.67 bits per heavy atom. The Balaban J connectivity index is 2.31. The summed E-state index contributed by atoms with van der Waals surface area (Å²) in [6.07, 6.45) is 0. The average Bonchev–Trinajstić information content (AvgIpc) is 2.46. The third-order valence-corrected chi connectivity index (χ3v) is 2.92. The van der Waals surface area contributed by atoms with E-state index in [1.807, 2.05) is 30.3 Å². The van der Waals surface area contributed by atoms with Crippen LogP contribution in [0.1, 0.15) is 10.4 Å². The van der Waals surface area contributed by atoms with Crippen molar-refractivity contribution in [1.29, 1.82) is 0 Å². The Bertz CT molecular complexity index is 543. The van der Waals surface area contributed by atoms with Crippen molar-refractivity contribution in [3.05, 3.63) is 60.2 Å². The molecular weight excluding hydrogens is 246 g/mol. The van der Waals surface area contributed by atoms with E-state index in [1.54, 1.807) is 31.4 Å². The highest BCUT2D eigenvalue weighted by atomic mass is 32.1.